The number of likely N-dealkylation sites (tertiary alicyclic amines) is 1. The van der Waals surface area contributed by atoms with E-state index in [4.69, 9.17) is 9.47 Å². The molecule has 2 aromatic heterocycles. The van der Waals surface area contributed by atoms with Gasteiger partial charge in [-0.1, -0.05) is 24.3 Å². The molecule has 36 heavy (non-hydrogen) atoms. The average molecular weight is 491 g/mol. The van der Waals surface area contributed by atoms with Crippen LogP contribution in [0.3, 0.4) is 0 Å². The minimum absolute atomic E-state index is 0.0397. The Balaban J connectivity index is 1.65. The summed E-state index contributed by atoms with van der Waals surface area (Å²) in [5.41, 5.74) is 3.28. The second kappa shape index (κ2) is 9.75. The van der Waals surface area contributed by atoms with E-state index in [0.717, 1.165) is 18.7 Å². The van der Waals surface area contributed by atoms with Crippen molar-refractivity contribution in [3.05, 3.63) is 70.7 Å². The van der Waals surface area contributed by atoms with E-state index in [1.807, 2.05) is 37.3 Å². The van der Waals surface area contributed by atoms with Gasteiger partial charge in [-0.25, -0.2) is 4.98 Å². The molecule has 1 amide bonds. The molecular weight excluding hydrogens is 460 g/mol. The van der Waals surface area contributed by atoms with Crippen molar-refractivity contribution in [1.82, 2.24) is 19.2 Å². The summed E-state index contributed by atoms with van der Waals surface area (Å²) in [5.74, 6) is -1.05. The quantitative estimate of drug-likeness (QED) is 0.322. The van der Waals surface area contributed by atoms with E-state index in [9.17, 15) is 14.7 Å². The molecule has 1 atom stereocenters. The number of ketones is 1. The number of nitrogens with zero attached hydrogens (tertiary/aromatic N) is 4. The van der Waals surface area contributed by atoms with Crippen molar-refractivity contribution in [2.45, 2.75) is 19.9 Å². The number of fused-ring (bicyclic) bond motifs is 1. The molecule has 1 N–H and O–H groups in total. The lowest BCUT2D eigenvalue weighted by Crippen LogP contribution is -2.42. The predicted octanol–water partition coefficient (Wildman–Crippen LogP) is 2.71. The van der Waals surface area contributed by atoms with Crippen LogP contribution in [0.2, 0.25) is 0 Å². The average Bonchev–Trinajstić information content (AvgIpc) is 3.37. The number of aromatic nitrogens is 2. The summed E-state index contributed by atoms with van der Waals surface area (Å²) in [6.45, 7) is 7.46. The largest absolute Gasteiger partial charge is 0.505 e. The number of hydrogen-bond donors (Lipinski definition) is 1. The van der Waals surface area contributed by atoms with Gasteiger partial charge in [0, 0.05) is 37.9 Å². The third kappa shape index (κ3) is 4.04. The Bertz CT molecular complexity index is 1360. The minimum Gasteiger partial charge on any atom is -0.505 e. The Labute approximate surface area is 209 Å². The Morgan fingerprint density at radius 1 is 1.11 bits per heavy atom. The predicted molar refractivity (Wildman–Crippen MR) is 134 cm³/mol. The Kier molecular flexibility index (Phi) is 6.51. The number of Topliss-reactive ketones (excluding diaryl/α,β-unsaturated/α-hetero) is 1. The maximum Gasteiger partial charge on any atom is 0.295 e. The van der Waals surface area contributed by atoms with Gasteiger partial charge in [-0.2, -0.15) is 0 Å². The number of aliphatic hydroxyl groups is 1. The highest BCUT2D eigenvalue weighted by Crippen LogP contribution is 2.43. The van der Waals surface area contributed by atoms with Gasteiger partial charge in [0.25, 0.3) is 11.7 Å². The highest BCUT2D eigenvalue weighted by Gasteiger charge is 2.47. The molecule has 0 bridgehead atoms. The van der Waals surface area contributed by atoms with Crippen molar-refractivity contribution in [3.63, 3.8) is 0 Å². The zero-order chi connectivity index (χ0) is 25.4. The van der Waals surface area contributed by atoms with Crippen LogP contribution in [0.25, 0.3) is 11.4 Å². The van der Waals surface area contributed by atoms with Gasteiger partial charge in [0.2, 0.25) is 0 Å². The zero-order valence-electron chi connectivity index (χ0n) is 20.7. The molecule has 2 saturated heterocycles. The van der Waals surface area contributed by atoms with Crippen LogP contribution < -0.4 is 4.74 Å². The summed E-state index contributed by atoms with van der Waals surface area (Å²) in [6.07, 6.45) is 1.80. The summed E-state index contributed by atoms with van der Waals surface area (Å²) < 4.78 is 12.8. The van der Waals surface area contributed by atoms with Gasteiger partial charge in [0.15, 0.2) is 5.76 Å². The molecule has 0 spiro atoms. The summed E-state index contributed by atoms with van der Waals surface area (Å²) in [7, 11) is 1.55. The van der Waals surface area contributed by atoms with Gasteiger partial charge in [-0.15, -0.1) is 0 Å². The molecule has 1 aromatic carbocycles. The molecule has 9 nitrogen and oxygen atoms in total. The number of para-hydroxylation sites is 1. The first-order chi connectivity index (χ1) is 17.4. The second-order valence-electron chi connectivity index (χ2n) is 9.12. The van der Waals surface area contributed by atoms with Gasteiger partial charge < -0.3 is 19.5 Å². The summed E-state index contributed by atoms with van der Waals surface area (Å²) in [6, 6.07) is 10.3. The molecule has 3 aromatic rings. The maximum absolute atomic E-state index is 13.5. The molecule has 188 valence electrons. The van der Waals surface area contributed by atoms with Crippen LogP contribution in [0.15, 0.2) is 48.2 Å². The number of rotatable bonds is 6. The fourth-order valence-electron chi connectivity index (χ4n) is 5.13. The third-order valence-electron chi connectivity index (χ3n) is 6.98. The monoisotopic (exact) mass is 490 g/mol. The molecule has 0 aliphatic carbocycles. The first kappa shape index (κ1) is 24.0. The van der Waals surface area contributed by atoms with Gasteiger partial charge in [-0.05, 0) is 31.5 Å². The van der Waals surface area contributed by atoms with Gasteiger partial charge in [0.05, 0.1) is 37.6 Å². The van der Waals surface area contributed by atoms with Crippen LogP contribution in [0.5, 0.6) is 5.75 Å². The van der Waals surface area contributed by atoms with Crippen molar-refractivity contribution >= 4 is 23.1 Å². The van der Waals surface area contributed by atoms with Crippen molar-refractivity contribution in [1.29, 1.82) is 0 Å². The number of carbonyl (C=O) groups is 2. The maximum atomic E-state index is 13.5. The van der Waals surface area contributed by atoms with Crippen LogP contribution in [0.1, 0.15) is 28.6 Å². The Hall–Kier alpha value is -3.69. The molecule has 5 rings (SSSR count). The summed E-state index contributed by atoms with van der Waals surface area (Å²) in [4.78, 5) is 35.2. The molecule has 2 aliphatic rings. The zero-order valence-corrected chi connectivity index (χ0v) is 20.7. The Morgan fingerprint density at radius 2 is 1.86 bits per heavy atom. The van der Waals surface area contributed by atoms with Crippen LogP contribution in [0.4, 0.5) is 0 Å². The number of benzene rings is 1. The van der Waals surface area contributed by atoms with E-state index in [2.05, 4.69) is 9.88 Å². The normalized spacial score (nSPS) is 20.4. The topological polar surface area (TPSA) is 96.6 Å². The van der Waals surface area contributed by atoms with Crippen molar-refractivity contribution in [3.8, 4) is 5.75 Å². The molecule has 0 saturated carbocycles. The van der Waals surface area contributed by atoms with E-state index in [1.54, 1.807) is 35.6 Å². The number of pyridine rings is 1. The van der Waals surface area contributed by atoms with E-state index in [1.165, 1.54) is 0 Å². The number of ether oxygens (including phenoxy) is 2. The van der Waals surface area contributed by atoms with E-state index in [-0.39, 0.29) is 11.3 Å². The standard InChI is InChI=1S/C27H30N4O5/c1-17-7-6-10-30-22(18(2)28-26(17)30)24(32)21-23(19-8-4-5-9-20(19)35-3)31(27(34)25(21)33)12-11-29-13-15-36-16-14-29/h4-10,23,32H,11-16H2,1-3H3/t23-/m1/s1. The van der Waals surface area contributed by atoms with E-state index in [0.29, 0.717) is 54.7 Å². The SMILES string of the molecule is COc1ccccc1[C@@H]1C(=C(O)c2c(C)nc3c(C)cccn23)C(=O)C(=O)N1CCN1CCOCC1. The molecule has 0 unspecified atom stereocenters. The van der Waals surface area contributed by atoms with Crippen molar-refractivity contribution < 1.29 is 24.2 Å². The van der Waals surface area contributed by atoms with E-state index >= 15 is 0 Å². The fraction of sp³-hybridized carbons (Fsp3) is 0.370. The lowest BCUT2D eigenvalue weighted by atomic mass is 9.95. The van der Waals surface area contributed by atoms with Gasteiger partial charge in [-0.3, -0.25) is 18.9 Å². The number of aryl methyl sites for hydroxylation is 2. The van der Waals surface area contributed by atoms with Crippen molar-refractivity contribution in [2.75, 3.05) is 46.5 Å². The number of methoxy groups -OCH3 is 1. The van der Waals surface area contributed by atoms with Crippen LogP contribution in [0, 0.1) is 13.8 Å². The van der Waals surface area contributed by atoms with Crippen LogP contribution in [-0.4, -0.2) is 82.5 Å². The first-order valence-electron chi connectivity index (χ1n) is 12.1. The first-order valence-corrected chi connectivity index (χ1v) is 12.1. The molecule has 2 aliphatic heterocycles. The third-order valence-corrected chi connectivity index (χ3v) is 6.98. The molecule has 4 heterocycles. The summed E-state index contributed by atoms with van der Waals surface area (Å²) >= 11 is 0. The van der Waals surface area contributed by atoms with E-state index < -0.39 is 17.7 Å². The molecule has 9 heteroatoms. The smallest absolute Gasteiger partial charge is 0.295 e. The lowest BCUT2D eigenvalue weighted by molar-refractivity contribution is -0.140. The molecule has 2 fully saturated rings. The number of hydrogen-bond acceptors (Lipinski definition) is 7. The number of morpholine rings is 1. The molecular formula is C27H30N4O5. The number of imidazole rings is 1. The van der Waals surface area contributed by atoms with Crippen LogP contribution >= 0.6 is 0 Å². The van der Waals surface area contributed by atoms with Gasteiger partial charge >= 0.3 is 0 Å². The number of carbonyl (C=O) groups excluding carboxylic acids is 2. The lowest BCUT2D eigenvalue weighted by Gasteiger charge is -2.31. The highest BCUT2D eigenvalue weighted by atomic mass is 16.5. The van der Waals surface area contributed by atoms with Gasteiger partial charge in [0.1, 0.15) is 17.1 Å². The number of amides is 1. The molecule has 0 radical (unpaired) electrons. The fourth-order valence-corrected chi connectivity index (χ4v) is 5.13. The Morgan fingerprint density at radius 3 is 2.61 bits per heavy atom. The highest BCUT2D eigenvalue weighted by molar-refractivity contribution is 6.46. The summed E-state index contributed by atoms with van der Waals surface area (Å²) in [5, 5.41) is 11.6. The van der Waals surface area contributed by atoms with Crippen LogP contribution in [-0.2, 0) is 14.3 Å². The van der Waals surface area contributed by atoms with Crippen molar-refractivity contribution in [2.24, 2.45) is 0 Å². The second-order valence-corrected chi connectivity index (χ2v) is 9.12. The minimum atomic E-state index is -0.794. The number of aliphatic hydroxyl groups excluding tert-OH is 1.